The smallest absolute Gasteiger partial charge is 0.338 e. The second kappa shape index (κ2) is 11.6. The summed E-state index contributed by atoms with van der Waals surface area (Å²) < 4.78 is 13.8. The lowest BCUT2D eigenvalue weighted by Gasteiger charge is -2.26. The van der Waals surface area contributed by atoms with Gasteiger partial charge in [-0.2, -0.15) is 0 Å². The number of carbonyl (C=O) groups is 1. The van der Waals surface area contributed by atoms with Gasteiger partial charge in [0.1, 0.15) is 5.75 Å². The van der Waals surface area contributed by atoms with E-state index in [0.717, 1.165) is 22.0 Å². The van der Waals surface area contributed by atoms with Gasteiger partial charge in [0, 0.05) is 0 Å². The Morgan fingerprint density at radius 3 is 2.51 bits per heavy atom. The van der Waals surface area contributed by atoms with Crippen molar-refractivity contribution in [2.24, 2.45) is 4.99 Å². The minimum Gasteiger partial charge on any atom is -0.496 e. The number of esters is 1. The normalized spacial score (nSPS) is 15.5. The number of fused-ring (bicyclic) bond motifs is 1. The van der Waals surface area contributed by atoms with Crippen LogP contribution in [0.2, 0.25) is 0 Å². The van der Waals surface area contributed by atoms with Crippen LogP contribution in [0.4, 0.5) is 0 Å². The molecule has 0 aliphatic carbocycles. The molecule has 0 fully saturated rings. The minimum absolute atomic E-state index is 0.189. The highest BCUT2D eigenvalue weighted by atomic mass is 79.9. The lowest BCUT2D eigenvalue weighted by atomic mass is 9.92. The van der Waals surface area contributed by atoms with Crippen LogP contribution in [0.15, 0.2) is 68.0 Å². The van der Waals surface area contributed by atoms with Gasteiger partial charge in [-0.3, -0.25) is 9.36 Å². The molecule has 194 valence electrons. The van der Waals surface area contributed by atoms with Crippen molar-refractivity contribution in [2.75, 3.05) is 13.7 Å². The Morgan fingerprint density at radius 2 is 1.92 bits per heavy atom. The number of hydrogen-bond donors (Lipinski definition) is 0. The third-order valence-corrected chi connectivity index (χ3v) is 7.89. The molecular weight excluding hydrogens is 552 g/mol. The van der Waals surface area contributed by atoms with Gasteiger partial charge in [0.15, 0.2) is 4.80 Å². The van der Waals surface area contributed by atoms with E-state index in [9.17, 15) is 9.59 Å². The van der Waals surface area contributed by atoms with Crippen molar-refractivity contribution in [1.29, 1.82) is 0 Å². The molecule has 0 N–H and O–H groups in total. The van der Waals surface area contributed by atoms with E-state index in [2.05, 4.69) is 48.8 Å². The predicted molar refractivity (Wildman–Crippen MR) is 151 cm³/mol. The molecule has 4 rings (SSSR count). The van der Waals surface area contributed by atoms with Crippen molar-refractivity contribution in [1.82, 2.24) is 4.57 Å². The van der Waals surface area contributed by atoms with Gasteiger partial charge >= 0.3 is 5.97 Å². The number of benzene rings is 2. The van der Waals surface area contributed by atoms with Crippen LogP contribution in [0.5, 0.6) is 5.75 Å². The van der Waals surface area contributed by atoms with Crippen LogP contribution in [0.3, 0.4) is 0 Å². The monoisotopic (exact) mass is 582 g/mol. The number of nitrogens with zero attached hydrogens (tertiary/aromatic N) is 2. The Balaban J connectivity index is 1.96. The number of carbonyl (C=O) groups excluding carboxylic acids is 1. The lowest BCUT2D eigenvalue weighted by Crippen LogP contribution is -2.40. The summed E-state index contributed by atoms with van der Waals surface area (Å²) in [5.41, 5.74) is 3.83. The average molecular weight is 584 g/mol. The van der Waals surface area contributed by atoms with Crippen LogP contribution < -0.4 is 19.6 Å². The van der Waals surface area contributed by atoms with Gasteiger partial charge in [0.2, 0.25) is 0 Å². The summed E-state index contributed by atoms with van der Waals surface area (Å²) in [4.78, 5) is 32.5. The summed E-state index contributed by atoms with van der Waals surface area (Å²) in [5, 5.41) is 0. The molecule has 1 aliphatic rings. The maximum absolute atomic E-state index is 13.8. The van der Waals surface area contributed by atoms with Crippen molar-refractivity contribution in [3.05, 3.63) is 94.6 Å². The predicted octanol–water partition coefficient (Wildman–Crippen LogP) is 5.47. The number of thiazole rings is 1. The van der Waals surface area contributed by atoms with Crippen LogP contribution in [-0.4, -0.2) is 24.3 Å². The fourth-order valence-corrected chi connectivity index (χ4v) is 6.00. The van der Waals surface area contributed by atoms with Crippen molar-refractivity contribution in [3.63, 3.8) is 0 Å². The first-order valence-electron chi connectivity index (χ1n) is 12.4. The fraction of sp³-hybridized carbons (Fsp3) is 0.345. The SMILES string of the molecule is CCCC1=C(C(=O)OCC)[C@@H](c2ccc(C(C)C)cc2)n2c(s/c(=C\c3ccc(OC)c(Br)c3)c2=O)=N1. The van der Waals surface area contributed by atoms with E-state index in [4.69, 9.17) is 14.5 Å². The lowest BCUT2D eigenvalue weighted by molar-refractivity contribution is -0.139. The quantitative estimate of drug-likeness (QED) is 0.330. The molecule has 2 heterocycles. The van der Waals surface area contributed by atoms with Gasteiger partial charge in [0.05, 0.1) is 40.0 Å². The van der Waals surface area contributed by atoms with E-state index in [1.807, 2.05) is 36.4 Å². The van der Waals surface area contributed by atoms with Crippen molar-refractivity contribution in [3.8, 4) is 5.75 Å². The summed E-state index contributed by atoms with van der Waals surface area (Å²) in [6, 6.07) is 13.2. The molecule has 0 saturated heterocycles. The van der Waals surface area contributed by atoms with Gasteiger partial charge in [-0.15, -0.1) is 0 Å². The van der Waals surface area contributed by atoms with Gasteiger partial charge in [-0.1, -0.05) is 68.9 Å². The van der Waals surface area contributed by atoms with Crippen LogP contribution in [0.25, 0.3) is 6.08 Å². The fourth-order valence-electron chi connectivity index (χ4n) is 4.42. The molecule has 0 bridgehead atoms. The summed E-state index contributed by atoms with van der Waals surface area (Å²) in [6.07, 6.45) is 3.28. The maximum Gasteiger partial charge on any atom is 0.338 e. The Labute approximate surface area is 229 Å². The molecule has 6 nitrogen and oxygen atoms in total. The van der Waals surface area contributed by atoms with E-state index in [0.29, 0.717) is 38.7 Å². The molecule has 0 radical (unpaired) electrons. The molecule has 3 aromatic rings. The van der Waals surface area contributed by atoms with Crippen molar-refractivity contribution in [2.45, 2.75) is 52.5 Å². The van der Waals surface area contributed by atoms with Crippen molar-refractivity contribution >= 4 is 39.3 Å². The number of ether oxygens (including phenoxy) is 2. The summed E-state index contributed by atoms with van der Waals surface area (Å²) >= 11 is 4.85. The zero-order valence-electron chi connectivity index (χ0n) is 21.7. The number of halogens is 1. The average Bonchev–Trinajstić information content (AvgIpc) is 3.18. The zero-order valence-corrected chi connectivity index (χ0v) is 24.1. The number of hydrogen-bond acceptors (Lipinski definition) is 6. The van der Waals surface area contributed by atoms with Crippen LogP contribution in [0.1, 0.15) is 69.2 Å². The summed E-state index contributed by atoms with van der Waals surface area (Å²) in [7, 11) is 1.61. The van der Waals surface area contributed by atoms with E-state index >= 15 is 0 Å². The number of allylic oxidation sites excluding steroid dienone is 1. The van der Waals surface area contributed by atoms with Crippen LogP contribution >= 0.6 is 27.3 Å². The molecule has 37 heavy (non-hydrogen) atoms. The van der Waals surface area contributed by atoms with Gasteiger partial charge in [-0.25, -0.2) is 9.79 Å². The van der Waals surface area contributed by atoms with Gasteiger partial charge < -0.3 is 9.47 Å². The molecule has 0 amide bonds. The number of rotatable bonds is 8. The summed E-state index contributed by atoms with van der Waals surface area (Å²) in [6.45, 7) is 8.36. The van der Waals surface area contributed by atoms with E-state index in [1.54, 1.807) is 18.6 Å². The molecule has 2 aromatic carbocycles. The molecule has 1 atom stereocenters. The highest BCUT2D eigenvalue weighted by Gasteiger charge is 2.34. The highest BCUT2D eigenvalue weighted by molar-refractivity contribution is 9.10. The topological polar surface area (TPSA) is 69.9 Å². The molecule has 0 unspecified atom stereocenters. The van der Waals surface area contributed by atoms with Crippen molar-refractivity contribution < 1.29 is 14.3 Å². The molecule has 1 aliphatic heterocycles. The molecule has 0 saturated carbocycles. The zero-order chi connectivity index (χ0) is 26.7. The second-order valence-corrected chi connectivity index (χ2v) is 11.0. The summed E-state index contributed by atoms with van der Waals surface area (Å²) in [5.74, 6) is 0.656. The Kier molecular flexibility index (Phi) is 8.49. The van der Waals surface area contributed by atoms with E-state index < -0.39 is 12.0 Å². The van der Waals surface area contributed by atoms with Gasteiger partial charge in [0.25, 0.3) is 5.56 Å². The largest absolute Gasteiger partial charge is 0.496 e. The van der Waals surface area contributed by atoms with Crippen LogP contribution in [0, 0.1) is 0 Å². The Morgan fingerprint density at radius 1 is 1.19 bits per heavy atom. The second-order valence-electron chi connectivity index (χ2n) is 9.13. The number of aromatic nitrogens is 1. The van der Waals surface area contributed by atoms with E-state index in [-0.39, 0.29) is 12.2 Å². The molecule has 0 spiro atoms. The Bertz CT molecular complexity index is 1520. The molecule has 8 heteroatoms. The number of methoxy groups -OCH3 is 1. The first-order chi connectivity index (χ1) is 17.8. The standard InChI is InChI=1S/C29H31BrN2O4S/c1-6-8-22-25(28(34)36-7-2)26(20-12-10-19(11-13-20)17(3)4)32-27(33)24(37-29(32)31-22)16-18-9-14-23(35-5)21(30)15-18/h9-17,26H,6-8H2,1-5H3/b24-16-/t26-/m1/s1. The first kappa shape index (κ1) is 27.1. The minimum atomic E-state index is -0.609. The van der Waals surface area contributed by atoms with Gasteiger partial charge in [-0.05, 0) is 70.1 Å². The third kappa shape index (κ3) is 5.50. The first-order valence-corrected chi connectivity index (χ1v) is 14.0. The molecule has 1 aromatic heterocycles. The molecular formula is C29H31BrN2O4S. The Hall–Kier alpha value is -2.97. The van der Waals surface area contributed by atoms with Crippen LogP contribution in [-0.2, 0) is 9.53 Å². The third-order valence-electron chi connectivity index (χ3n) is 6.28. The highest BCUT2D eigenvalue weighted by Crippen LogP contribution is 2.33. The maximum atomic E-state index is 13.8. The van der Waals surface area contributed by atoms with E-state index in [1.165, 1.54) is 16.9 Å².